The van der Waals surface area contributed by atoms with Crippen LogP contribution >= 0.6 is 0 Å². The van der Waals surface area contributed by atoms with E-state index in [1.165, 1.54) is 6.20 Å². The molecule has 5 aromatic rings. The third-order valence-corrected chi connectivity index (χ3v) is 5.43. The Morgan fingerprint density at radius 3 is 2.86 bits per heavy atom. The van der Waals surface area contributed by atoms with Gasteiger partial charge in [0.15, 0.2) is 5.65 Å². The fourth-order valence-electron chi connectivity index (χ4n) is 3.93. The summed E-state index contributed by atoms with van der Waals surface area (Å²) in [4.78, 5) is 40.9. The minimum Gasteiger partial charge on any atom is -0.342 e. The molecule has 0 bridgehead atoms. The van der Waals surface area contributed by atoms with E-state index in [9.17, 15) is 9.59 Å². The normalized spacial score (nSPS) is 18.5. The number of hydrogen-bond acceptors (Lipinski definition) is 5. The Morgan fingerprint density at radius 1 is 1.10 bits per heavy atom. The molecule has 0 spiro atoms. The number of imidazole rings is 2. The smallest absolute Gasteiger partial charge is 0.325 e. The largest absolute Gasteiger partial charge is 0.342 e. The molecular formula is C20H15N7O2. The lowest BCUT2D eigenvalue weighted by molar-refractivity contribution is 0.893. The van der Waals surface area contributed by atoms with Crippen LogP contribution in [0.15, 0.2) is 58.5 Å². The van der Waals surface area contributed by atoms with Gasteiger partial charge in [0.1, 0.15) is 5.82 Å². The monoisotopic (exact) mass is 385 g/mol. The van der Waals surface area contributed by atoms with E-state index in [2.05, 4.69) is 25.0 Å². The molecule has 29 heavy (non-hydrogen) atoms. The van der Waals surface area contributed by atoms with Crippen molar-refractivity contribution < 1.29 is 0 Å². The van der Waals surface area contributed by atoms with Gasteiger partial charge in [0.25, 0.3) is 5.56 Å². The van der Waals surface area contributed by atoms with E-state index in [-0.39, 0.29) is 11.8 Å². The zero-order valence-electron chi connectivity index (χ0n) is 15.1. The summed E-state index contributed by atoms with van der Waals surface area (Å²) < 4.78 is 1.67. The van der Waals surface area contributed by atoms with Gasteiger partial charge in [-0.05, 0) is 30.5 Å². The second kappa shape index (κ2) is 5.74. The highest BCUT2D eigenvalue weighted by Crippen LogP contribution is 2.55. The predicted octanol–water partition coefficient (Wildman–Crippen LogP) is 1.92. The van der Waals surface area contributed by atoms with E-state index in [0.29, 0.717) is 11.3 Å². The van der Waals surface area contributed by atoms with Crippen LogP contribution < -0.4 is 11.2 Å². The van der Waals surface area contributed by atoms with Crippen molar-refractivity contribution in [1.82, 2.24) is 34.5 Å². The van der Waals surface area contributed by atoms with E-state index >= 15 is 0 Å². The summed E-state index contributed by atoms with van der Waals surface area (Å²) in [7, 11) is 0. The summed E-state index contributed by atoms with van der Waals surface area (Å²) in [5.41, 5.74) is 3.52. The zero-order valence-corrected chi connectivity index (χ0v) is 15.1. The van der Waals surface area contributed by atoms with Crippen LogP contribution in [-0.2, 0) is 0 Å². The molecule has 9 nitrogen and oxygen atoms in total. The van der Waals surface area contributed by atoms with Crippen molar-refractivity contribution in [3.63, 3.8) is 0 Å². The SMILES string of the molecule is O=c1[nH]cc(-c2cc([C@@H]3C[C@H]3c3nc4ccccc4[nH]3)c3nccn3n2)c(=O)[nH]1. The van der Waals surface area contributed by atoms with Gasteiger partial charge in [-0.25, -0.2) is 19.3 Å². The second-order valence-electron chi connectivity index (χ2n) is 7.25. The Balaban J connectivity index is 1.45. The van der Waals surface area contributed by atoms with Crippen LogP contribution in [0, 0.1) is 0 Å². The number of fused-ring (bicyclic) bond motifs is 2. The highest BCUT2D eigenvalue weighted by molar-refractivity contribution is 5.75. The quantitative estimate of drug-likeness (QED) is 0.438. The van der Waals surface area contributed by atoms with Crippen molar-refractivity contribution in [2.75, 3.05) is 0 Å². The standard InChI is InChI=1S/C20H15N7O2/c28-19-13(9-22-20(29)25-19)16-8-12(18-21-5-6-27(18)26-16)10-7-11(10)17-23-14-3-1-2-4-15(14)24-17/h1-6,8-11H,7H2,(H,23,24)(H2,22,25,28,29)/t10-,11-/m1/s1. The van der Waals surface area contributed by atoms with Gasteiger partial charge < -0.3 is 9.97 Å². The van der Waals surface area contributed by atoms with Gasteiger partial charge in [-0.2, -0.15) is 5.10 Å². The Morgan fingerprint density at radius 2 is 2.00 bits per heavy atom. The van der Waals surface area contributed by atoms with Gasteiger partial charge in [-0.3, -0.25) is 9.78 Å². The highest BCUT2D eigenvalue weighted by atomic mass is 16.2. The molecule has 1 aromatic carbocycles. The first-order chi connectivity index (χ1) is 14.2. The fourth-order valence-corrected chi connectivity index (χ4v) is 3.93. The summed E-state index contributed by atoms with van der Waals surface area (Å²) in [6, 6.07) is 9.86. The van der Waals surface area contributed by atoms with E-state index in [0.717, 1.165) is 34.5 Å². The van der Waals surface area contributed by atoms with Crippen LogP contribution in [0.25, 0.3) is 27.9 Å². The van der Waals surface area contributed by atoms with Crippen LogP contribution in [0.3, 0.4) is 0 Å². The third kappa shape index (κ3) is 2.51. The van der Waals surface area contributed by atoms with Gasteiger partial charge in [-0.1, -0.05) is 12.1 Å². The summed E-state index contributed by atoms with van der Waals surface area (Å²) in [5.74, 6) is 1.44. The maximum absolute atomic E-state index is 12.2. The number of para-hydroxylation sites is 2. The van der Waals surface area contributed by atoms with Crippen LogP contribution in [0.2, 0.25) is 0 Å². The lowest BCUT2D eigenvalue weighted by Crippen LogP contribution is -2.23. The molecule has 1 aliphatic rings. The number of aromatic amines is 3. The van der Waals surface area contributed by atoms with Crippen LogP contribution in [0.4, 0.5) is 0 Å². The Kier molecular flexibility index (Phi) is 3.17. The minimum atomic E-state index is -0.546. The van der Waals surface area contributed by atoms with Crippen molar-refractivity contribution in [3.05, 3.63) is 81.1 Å². The van der Waals surface area contributed by atoms with Crippen LogP contribution in [-0.4, -0.2) is 34.5 Å². The molecule has 4 heterocycles. The summed E-state index contributed by atoms with van der Waals surface area (Å²) in [6.07, 6.45) is 5.76. The maximum Gasteiger partial charge on any atom is 0.325 e. The number of benzene rings is 1. The van der Waals surface area contributed by atoms with E-state index < -0.39 is 11.2 Å². The zero-order chi connectivity index (χ0) is 19.5. The Labute approximate surface area is 162 Å². The molecule has 0 saturated heterocycles. The highest BCUT2D eigenvalue weighted by Gasteiger charge is 2.43. The Bertz CT molecular complexity index is 1470. The lowest BCUT2D eigenvalue weighted by atomic mass is 10.1. The molecule has 0 unspecified atom stereocenters. The average Bonchev–Trinajstić information content (AvgIpc) is 3.16. The predicted molar refractivity (Wildman–Crippen MR) is 106 cm³/mol. The summed E-state index contributed by atoms with van der Waals surface area (Å²) in [6.45, 7) is 0. The second-order valence-corrected chi connectivity index (χ2v) is 7.25. The fraction of sp³-hybridized carbons (Fsp3) is 0.150. The molecule has 4 aromatic heterocycles. The minimum absolute atomic E-state index is 0.226. The molecule has 142 valence electrons. The molecular weight excluding hydrogens is 370 g/mol. The maximum atomic E-state index is 12.2. The average molecular weight is 385 g/mol. The van der Waals surface area contributed by atoms with Crippen LogP contribution in [0.5, 0.6) is 0 Å². The van der Waals surface area contributed by atoms with Gasteiger partial charge in [-0.15, -0.1) is 0 Å². The number of nitrogens with zero attached hydrogens (tertiary/aromatic N) is 4. The molecule has 0 radical (unpaired) electrons. The molecule has 6 rings (SSSR count). The van der Waals surface area contributed by atoms with Gasteiger partial charge in [0, 0.05) is 30.1 Å². The van der Waals surface area contributed by atoms with Crippen molar-refractivity contribution in [1.29, 1.82) is 0 Å². The number of rotatable bonds is 3. The van der Waals surface area contributed by atoms with Crippen molar-refractivity contribution >= 4 is 16.7 Å². The van der Waals surface area contributed by atoms with Gasteiger partial charge >= 0.3 is 5.69 Å². The first-order valence-corrected chi connectivity index (χ1v) is 9.29. The molecule has 3 N–H and O–H groups in total. The number of hydrogen-bond donors (Lipinski definition) is 3. The third-order valence-electron chi connectivity index (χ3n) is 5.43. The lowest BCUT2D eigenvalue weighted by Gasteiger charge is -2.06. The molecule has 9 heteroatoms. The molecule has 0 aliphatic heterocycles. The molecule has 2 atom stereocenters. The first kappa shape index (κ1) is 16.0. The van der Waals surface area contributed by atoms with Gasteiger partial charge in [0.05, 0.1) is 22.3 Å². The molecule has 1 saturated carbocycles. The van der Waals surface area contributed by atoms with E-state index in [1.54, 1.807) is 16.9 Å². The van der Waals surface area contributed by atoms with Crippen molar-refractivity contribution in [3.8, 4) is 11.3 Å². The van der Waals surface area contributed by atoms with E-state index in [4.69, 9.17) is 4.98 Å². The topological polar surface area (TPSA) is 125 Å². The summed E-state index contributed by atoms with van der Waals surface area (Å²) >= 11 is 0. The molecule has 0 amide bonds. The molecule has 1 aliphatic carbocycles. The van der Waals surface area contributed by atoms with E-state index in [1.807, 2.05) is 30.3 Å². The van der Waals surface area contributed by atoms with Crippen LogP contribution in [0.1, 0.15) is 29.6 Å². The first-order valence-electron chi connectivity index (χ1n) is 9.29. The summed E-state index contributed by atoms with van der Waals surface area (Å²) in [5, 5.41) is 4.49. The van der Waals surface area contributed by atoms with Crippen molar-refractivity contribution in [2.45, 2.75) is 18.3 Å². The molecule has 1 fully saturated rings. The van der Waals surface area contributed by atoms with Crippen molar-refractivity contribution in [2.24, 2.45) is 0 Å². The number of aromatic nitrogens is 7. The number of H-pyrrole nitrogens is 3. The number of nitrogens with one attached hydrogen (secondary N) is 3. The Hall–Kier alpha value is -4.01. The van der Waals surface area contributed by atoms with Gasteiger partial charge in [0.2, 0.25) is 0 Å².